The van der Waals surface area contributed by atoms with Gasteiger partial charge in [0.25, 0.3) is 6.47 Å². The van der Waals surface area contributed by atoms with Gasteiger partial charge in [-0.15, -0.1) is 27.0 Å². The molecule has 0 aliphatic heterocycles. The van der Waals surface area contributed by atoms with Gasteiger partial charge < -0.3 is 40.8 Å². The third kappa shape index (κ3) is 31.9. The smallest absolute Gasteiger partial charge is 0.571 e. The van der Waals surface area contributed by atoms with Gasteiger partial charge in [-0.05, 0) is 30.0 Å². The summed E-state index contributed by atoms with van der Waals surface area (Å²) in [6, 6.07) is 45.0. The molecule has 71 heavy (non-hydrogen) atoms. The van der Waals surface area contributed by atoms with Crippen LogP contribution in [0, 0.1) is 0 Å². The molecular formula is C56H77Cu2N8O5. The van der Waals surface area contributed by atoms with Gasteiger partial charge in [-0.3, -0.25) is 4.79 Å². The molecule has 13 nitrogen and oxygen atoms in total. The minimum Gasteiger partial charge on any atom is -0.571 e. The van der Waals surface area contributed by atoms with E-state index in [1.165, 1.54) is 12.1 Å². The van der Waals surface area contributed by atoms with E-state index in [0.29, 0.717) is 45.9 Å². The number of phenols is 2. The first-order valence-electron chi connectivity index (χ1n) is 23.8. The van der Waals surface area contributed by atoms with Gasteiger partial charge in [0.1, 0.15) is 22.9 Å². The van der Waals surface area contributed by atoms with Crippen molar-refractivity contribution in [2.24, 2.45) is 30.7 Å². The van der Waals surface area contributed by atoms with Crippen LogP contribution in [0.15, 0.2) is 188 Å². The Morgan fingerprint density at radius 1 is 0.465 bits per heavy atom. The monoisotopic (exact) mass is 1070 g/mol. The Kier molecular flexibility index (Phi) is 59.6. The summed E-state index contributed by atoms with van der Waals surface area (Å²) in [5.41, 5.74) is 11.2. The maximum Gasteiger partial charge on any atom is 2.00 e. The zero-order valence-corrected chi connectivity index (χ0v) is 46.3. The molecule has 15 heteroatoms. The summed E-state index contributed by atoms with van der Waals surface area (Å²) in [7, 11) is 0. The van der Waals surface area contributed by atoms with Gasteiger partial charge in [-0.25, -0.2) is 5.11 Å². The molecule has 0 aliphatic carbocycles. The molecule has 1 radical (unpaired) electrons. The first-order chi connectivity index (χ1) is 34.1. The molecule has 0 saturated heterocycles. The van der Waals surface area contributed by atoms with Crippen LogP contribution in [0.5, 0.6) is 17.2 Å². The number of hydrogen-bond donors (Lipinski definition) is 2. The second kappa shape index (κ2) is 55.8. The largest absolute Gasteiger partial charge is 2.00 e. The van der Waals surface area contributed by atoms with Crippen molar-refractivity contribution in [2.75, 3.05) is 0 Å². The fourth-order valence-corrected chi connectivity index (χ4v) is 4.29. The second-order valence-corrected chi connectivity index (χ2v) is 10.5. The standard InChI is InChI=1S/C20H15N4O3.C20H14N4O2.8C2H6.2Cu/c25-14-27-19-13-7-5-11-17(19)22-24-20(15-8-2-1-3-9-15)23-21-16-10-4-6-12-18(16)26;25-14-16-10-4-5-11-17(16)21-23-20(15-8-2-1-3-9-15)24-22-18-12-6-7-13-19(18)26;8*1-2;;/h1-14H,(H-,21,22,23,24,26);1-13H,(H-,21,22,23,24,25,26);8*1-2H3;;/q-1;-2;;;;;;;;;+1;+2. The molecule has 0 amide bonds. The van der Waals surface area contributed by atoms with Crippen LogP contribution in [0.1, 0.15) is 127 Å². The molecule has 0 saturated carbocycles. The van der Waals surface area contributed by atoms with Crippen LogP contribution in [-0.4, -0.2) is 34.6 Å². The molecule has 393 valence electrons. The van der Waals surface area contributed by atoms with Gasteiger partial charge in [-0.1, -0.05) is 243 Å². The Morgan fingerprint density at radius 2 is 0.817 bits per heavy atom. The zero-order valence-electron chi connectivity index (χ0n) is 44.4. The number of carbonyl (C=O) groups is 1. The first kappa shape index (κ1) is 75.7. The van der Waals surface area contributed by atoms with Crippen molar-refractivity contribution in [1.82, 2.24) is 0 Å². The van der Waals surface area contributed by atoms with Crippen LogP contribution < -0.4 is 4.74 Å². The number of para-hydroxylation sites is 3. The van der Waals surface area contributed by atoms with Crippen molar-refractivity contribution in [2.45, 2.75) is 111 Å². The summed E-state index contributed by atoms with van der Waals surface area (Å²) >= 11 is 0. The molecule has 0 aromatic heterocycles. The summed E-state index contributed by atoms with van der Waals surface area (Å²) in [5.74, 6) is 0.785. The average molecular weight is 1070 g/mol. The number of phenolic OH excluding ortho intramolecular Hbond substituents is 2. The Morgan fingerprint density at radius 3 is 1.25 bits per heavy atom. The van der Waals surface area contributed by atoms with Crippen LogP contribution in [0.3, 0.4) is 0 Å². The van der Waals surface area contributed by atoms with E-state index >= 15 is 0 Å². The first-order valence-corrected chi connectivity index (χ1v) is 23.8. The number of rotatable bonds is 11. The van der Waals surface area contributed by atoms with Crippen LogP contribution in [0.25, 0.3) is 10.9 Å². The summed E-state index contributed by atoms with van der Waals surface area (Å²) in [6.07, 6.45) is 1.82. The Hall–Kier alpha value is -6.76. The van der Waals surface area contributed by atoms with E-state index in [0.717, 1.165) is 0 Å². The zero-order chi connectivity index (χ0) is 53.1. The minimum absolute atomic E-state index is 0. The Labute approximate surface area is 447 Å². The van der Waals surface area contributed by atoms with Crippen molar-refractivity contribution < 1.29 is 58.7 Å². The van der Waals surface area contributed by atoms with E-state index in [4.69, 9.17) is 4.74 Å². The van der Waals surface area contributed by atoms with Crippen LogP contribution in [0.4, 0.5) is 22.7 Å². The Balaban J connectivity index is -0.000000227. The van der Waals surface area contributed by atoms with Gasteiger partial charge in [0, 0.05) is 11.1 Å². The summed E-state index contributed by atoms with van der Waals surface area (Å²) < 4.78 is 4.89. The maximum atomic E-state index is 11.0. The molecule has 0 heterocycles. The summed E-state index contributed by atoms with van der Waals surface area (Å²) in [5, 5.41) is 44.3. The van der Waals surface area contributed by atoms with E-state index in [-0.39, 0.29) is 63.1 Å². The van der Waals surface area contributed by atoms with Gasteiger partial charge in [0.15, 0.2) is 11.7 Å². The van der Waals surface area contributed by atoms with Crippen molar-refractivity contribution in [3.63, 3.8) is 0 Å². The fourth-order valence-electron chi connectivity index (χ4n) is 4.29. The molecule has 0 aliphatic rings. The van der Waals surface area contributed by atoms with Crippen molar-refractivity contribution >= 4 is 47.2 Å². The summed E-state index contributed by atoms with van der Waals surface area (Å²) in [4.78, 5) is 21.6. The van der Waals surface area contributed by atoms with Crippen molar-refractivity contribution in [3.8, 4) is 17.2 Å². The minimum atomic E-state index is 0. The van der Waals surface area contributed by atoms with Gasteiger partial charge in [0.05, 0.1) is 6.29 Å². The number of carbonyl (C=O) groups excluding carboxylic acids is 2. The number of benzene rings is 6. The van der Waals surface area contributed by atoms with E-state index < -0.39 is 0 Å². The van der Waals surface area contributed by atoms with E-state index in [1.54, 1.807) is 84.9 Å². The van der Waals surface area contributed by atoms with Gasteiger partial charge in [0.2, 0.25) is 0 Å². The molecular weight excluding hydrogens is 992 g/mol. The predicted octanol–water partition coefficient (Wildman–Crippen LogP) is 18.3. The molecule has 6 aromatic rings. The molecule has 0 spiro atoms. The molecule has 6 aromatic carbocycles. The van der Waals surface area contributed by atoms with E-state index in [2.05, 4.69) is 41.5 Å². The number of nitrogens with zero attached hydrogens (tertiary/aromatic N) is 8. The molecule has 6 rings (SSSR count). The predicted molar refractivity (Wildman–Crippen MR) is 292 cm³/mol. The molecule has 0 atom stereocenters. The third-order valence-corrected chi connectivity index (χ3v) is 6.89. The topological polar surface area (TPSA) is 186 Å². The number of amidine groups is 2. The van der Waals surface area contributed by atoms with Crippen LogP contribution >= 0.6 is 0 Å². The van der Waals surface area contributed by atoms with Crippen molar-refractivity contribution in [3.05, 3.63) is 185 Å². The number of ether oxygens (including phenoxy) is 1. The quantitative estimate of drug-likeness (QED) is 0.0248. The molecule has 2 N–H and O–H groups in total. The normalized spacial score (nSPS) is 9.18. The van der Waals surface area contributed by atoms with Gasteiger partial charge in [-0.2, -0.15) is 6.07 Å². The third-order valence-electron chi connectivity index (χ3n) is 6.89. The van der Waals surface area contributed by atoms with Gasteiger partial charge >= 0.3 is 34.1 Å². The molecule has 0 unspecified atom stereocenters. The second-order valence-electron chi connectivity index (χ2n) is 10.5. The number of azo groups is 2. The number of aromatic hydroxyl groups is 2. The molecule has 0 fully saturated rings. The Bertz CT molecular complexity index is 2260. The van der Waals surface area contributed by atoms with Crippen LogP contribution in [-0.2, 0) is 43.7 Å². The average Bonchev–Trinajstić information content (AvgIpc) is 3.45. The number of hydrogen-bond acceptors (Lipinski definition) is 9. The van der Waals surface area contributed by atoms with E-state index in [1.807, 2.05) is 178 Å². The van der Waals surface area contributed by atoms with Crippen molar-refractivity contribution in [1.29, 1.82) is 0 Å². The summed E-state index contributed by atoms with van der Waals surface area (Å²) in [6.45, 7) is 32.3. The fraction of sp³-hybridized carbons (Fsp3) is 0.286. The maximum absolute atomic E-state index is 11.0. The van der Waals surface area contributed by atoms with E-state index in [9.17, 15) is 19.8 Å². The SMILES string of the molecule is CC.CC.CC.CC.CC.CC.CC.CC.O=COc1ccccc1[N-]N=C(N=Nc1ccccc1O)c1ccccc1.O=[C-]c1ccccc1N=NC(=N[N-]c1ccccc1O)c1ccccc1.[Cu+2].[Cu+]. The van der Waals surface area contributed by atoms with Crippen LogP contribution in [0.2, 0.25) is 0 Å². The molecule has 0 bridgehead atoms.